The van der Waals surface area contributed by atoms with Gasteiger partial charge in [-0.1, -0.05) is 24.3 Å². The van der Waals surface area contributed by atoms with Gasteiger partial charge >= 0.3 is 0 Å². The summed E-state index contributed by atoms with van der Waals surface area (Å²) in [5.74, 6) is 1.66. The summed E-state index contributed by atoms with van der Waals surface area (Å²) in [6.45, 7) is 4.93. The Morgan fingerprint density at radius 3 is 2.37 bits per heavy atom. The van der Waals surface area contributed by atoms with E-state index in [2.05, 4.69) is 10.6 Å². The molecule has 3 aromatic carbocycles. The highest BCUT2D eigenvalue weighted by Crippen LogP contribution is 2.31. The number of hydrogen-bond acceptors (Lipinski definition) is 5. The maximum atomic E-state index is 13.0. The van der Waals surface area contributed by atoms with Gasteiger partial charge in [-0.15, -0.1) is 0 Å². The summed E-state index contributed by atoms with van der Waals surface area (Å²) in [5, 5.41) is 5.85. The van der Waals surface area contributed by atoms with Gasteiger partial charge in [-0.05, 0) is 74.7 Å². The number of para-hydroxylation sites is 1. The molecule has 3 aromatic rings. The van der Waals surface area contributed by atoms with Crippen molar-refractivity contribution in [1.82, 2.24) is 0 Å². The molecule has 7 heteroatoms. The van der Waals surface area contributed by atoms with Crippen LogP contribution in [-0.2, 0) is 4.79 Å². The van der Waals surface area contributed by atoms with E-state index in [1.54, 1.807) is 24.3 Å². The van der Waals surface area contributed by atoms with Gasteiger partial charge in [-0.2, -0.15) is 0 Å². The summed E-state index contributed by atoms with van der Waals surface area (Å²) < 4.78 is 17.2. The van der Waals surface area contributed by atoms with Gasteiger partial charge in [-0.25, -0.2) is 0 Å². The predicted molar refractivity (Wildman–Crippen MR) is 136 cm³/mol. The van der Waals surface area contributed by atoms with E-state index >= 15 is 0 Å². The van der Waals surface area contributed by atoms with Crippen LogP contribution in [-0.4, -0.2) is 31.6 Å². The number of nitrogens with one attached hydrogen (secondary N) is 2. The van der Waals surface area contributed by atoms with Crippen LogP contribution in [0, 0.1) is 12.8 Å². The first kappa shape index (κ1) is 24.1. The van der Waals surface area contributed by atoms with Gasteiger partial charge in [0.1, 0.15) is 19.0 Å². The highest BCUT2D eigenvalue weighted by Gasteiger charge is 2.29. The van der Waals surface area contributed by atoms with Crippen molar-refractivity contribution in [2.45, 2.75) is 26.7 Å². The first-order valence-corrected chi connectivity index (χ1v) is 11.8. The van der Waals surface area contributed by atoms with E-state index in [0.29, 0.717) is 48.3 Å². The number of hydrogen-bond donors (Lipinski definition) is 2. The Morgan fingerprint density at radius 2 is 1.63 bits per heavy atom. The highest BCUT2D eigenvalue weighted by atomic mass is 16.5. The molecule has 0 saturated heterocycles. The van der Waals surface area contributed by atoms with Gasteiger partial charge in [0.15, 0.2) is 11.5 Å². The van der Waals surface area contributed by atoms with Crippen molar-refractivity contribution in [2.75, 3.05) is 30.5 Å². The zero-order valence-electron chi connectivity index (χ0n) is 20.0. The minimum atomic E-state index is -0.279. The van der Waals surface area contributed by atoms with E-state index in [1.807, 2.05) is 56.3 Å². The second kappa shape index (κ2) is 11.4. The van der Waals surface area contributed by atoms with Gasteiger partial charge in [0.25, 0.3) is 5.91 Å². The molecule has 0 heterocycles. The van der Waals surface area contributed by atoms with Crippen LogP contribution >= 0.6 is 0 Å². The van der Waals surface area contributed by atoms with Crippen molar-refractivity contribution in [3.8, 4) is 17.2 Å². The van der Waals surface area contributed by atoms with Gasteiger partial charge in [0.2, 0.25) is 5.91 Å². The van der Waals surface area contributed by atoms with Crippen molar-refractivity contribution in [1.29, 1.82) is 0 Å². The number of anilines is 2. The minimum absolute atomic E-state index is 0.0252. The summed E-state index contributed by atoms with van der Waals surface area (Å²) in [6.07, 6.45) is 1.87. The summed E-state index contributed by atoms with van der Waals surface area (Å²) in [6, 6.07) is 20.1. The molecule has 1 aliphatic carbocycles. The van der Waals surface area contributed by atoms with E-state index in [9.17, 15) is 9.59 Å². The average Bonchev–Trinajstić information content (AvgIpc) is 3.71. The lowest BCUT2D eigenvalue weighted by atomic mass is 10.1. The zero-order chi connectivity index (χ0) is 24.6. The summed E-state index contributed by atoms with van der Waals surface area (Å²) in [4.78, 5) is 25.1. The molecule has 0 aromatic heterocycles. The van der Waals surface area contributed by atoms with E-state index in [0.717, 1.165) is 24.2 Å². The fraction of sp³-hybridized carbons (Fsp3) is 0.286. The lowest BCUT2D eigenvalue weighted by Crippen LogP contribution is -2.16. The van der Waals surface area contributed by atoms with Gasteiger partial charge < -0.3 is 24.8 Å². The van der Waals surface area contributed by atoms with E-state index in [-0.39, 0.29) is 17.7 Å². The monoisotopic (exact) mass is 474 g/mol. The topological polar surface area (TPSA) is 85.9 Å². The molecule has 1 aliphatic rings. The van der Waals surface area contributed by atoms with E-state index < -0.39 is 0 Å². The van der Waals surface area contributed by atoms with E-state index in [1.165, 1.54) is 0 Å². The SMILES string of the molecule is CCOc1cc(C(=O)Nc2cc(NC(=O)C3CC3)ccc2C)ccc1OCCOc1ccccc1. The predicted octanol–water partition coefficient (Wildman–Crippen LogP) is 5.45. The fourth-order valence-corrected chi connectivity index (χ4v) is 3.48. The van der Waals surface area contributed by atoms with E-state index in [4.69, 9.17) is 14.2 Å². The Labute approximate surface area is 205 Å². The number of rotatable bonds is 11. The summed E-state index contributed by atoms with van der Waals surface area (Å²) in [7, 11) is 0. The second-order valence-electron chi connectivity index (χ2n) is 8.35. The van der Waals surface area contributed by atoms with Crippen LogP contribution in [0.25, 0.3) is 0 Å². The van der Waals surface area contributed by atoms with Crippen molar-refractivity contribution < 1.29 is 23.8 Å². The van der Waals surface area contributed by atoms with Crippen LogP contribution < -0.4 is 24.8 Å². The molecular formula is C28H30N2O5. The molecule has 4 rings (SSSR count). The number of carbonyl (C=O) groups is 2. The van der Waals surface area contributed by atoms with Gasteiger partial charge in [-0.3, -0.25) is 9.59 Å². The Morgan fingerprint density at radius 1 is 0.857 bits per heavy atom. The van der Waals surface area contributed by atoms with Crippen LogP contribution in [0.1, 0.15) is 35.7 Å². The molecule has 1 fully saturated rings. The molecule has 7 nitrogen and oxygen atoms in total. The fourth-order valence-electron chi connectivity index (χ4n) is 3.48. The smallest absolute Gasteiger partial charge is 0.255 e. The van der Waals surface area contributed by atoms with Crippen LogP contribution in [0.2, 0.25) is 0 Å². The third kappa shape index (κ3) is 6.76. The van der Waals surface area contributed by atoms with Crippen molar-refractivity contribution >= 4 is 23.2 Å². The maximum Gasteiger partial charge on any atom is 0.255 e. The van der Waals surface area contributed by atoms with Crippen molar-refractivity contribution in [3.63, 3.8) is 0 Å². The Balaban J connectivity index is 1.39. The quantitative estimate of drug-likeness (QED) is 0.361. The number of carbonyl (C=O) groups excluding carboxylic acids is 2. The van der Waals surface area contributed by atoms with Crippen LogP contribution in [0.4, 0.5) is 11.4 Å². The number of benzene rings is 3. The molecule has 0 aliphatic heterocycles. The largest absolute Gasteiger partial charge is 0.490 e. The third-order valence-electron chi connectivity index (χ3n) is 5.56. The molecule has 0 spiro atoms. The average molecular weight is 475 g/mol. The first-order chi connectivity index (χ1) is 17.0. The lowest BCUT2D eigenvalue weighted by molar-refractivity contribution is -0.117. The first-order valence-electron chi connectivity index (χ1n) is 11.8. The molecule has 35 heavy (non-hydrogen) atoms. The van der Waals surface area contributed by atoms with Gasteiger partial charge in [0.05, 0.1) is 6.61 Å². The lowest BCUT2D eigenvalue weighted by Gasteiger charge is -2.15. The zero-order valence-corrected chi connectivity index (χ0v) is 20.0. The molecule has 1 saturated carbocycles. The third-order valence-corrected chi connectivity index (χ3v) is 5.56. The summed E-state index contributed by atoms with van der Waals surface area (Å²) in [5.41, 5.74) is 2.64. The molecular weight excluding hydrogens is 444 g/mol. The molecule has 0 atom stereocenters. The molecule has 2 N–H and O–H groups in total. The molecule has 182 valence electrons. The maximum absolute atomic E-state index is 13.0. The van der Waals surface area contributed by atoms with Crippen molar-refractivity contribution in [2.24, 2.45) is 5.92 Å². The standard InChI is InChI=1S/C28H30N2O5/c1-3-33-26-17-21(12-14-25(26)35-16-15-34-23-7-5-4-6-8-23)28(32)30-24-18-22(13-9-19(24)2)29-27(31)20-10-11-20/h4-9,12-14,17-18,20H,3,10-11,15-16H2,1-2H3,(H,29,31)(H,30,32). The number of ether oxygens (including phenoxy) is 3. The Kier molecular flexibility index (Phi) is 7.88. The Hall–Kier alpha value is -4.00. The van der Waals surface area contributed by atoms with Crippen LogP contribution in [0.15, 0.2) is 66.7 Å². The van der Waals surface area contributed by atoms with Crippen LogP contribution in [0.3, 0.4) is 0 Å². The molecule has 0 bridgehead atoms. The van der Waals surface area contributed by atoms with Crippen LogP contribution in [0.5, 0.6) is 17.2 Å². The molecule has 0 unspecified atom stereocenters. The normalized spacial score (nSPS) is 12.5. The highest BCUT2D eigenvalue weighted by molar-refractivity contribution is 6.05. The second-order valence-corrected chi connectivity index (χ2v) is 8.35. The number of amides is 2. The summed E-state index contributed by atoms with van der Waals surface area (Å²) >= 11 is 0. The number of aryl methyl sites for hydroxylation is 1. The minimum Gasteiger partial charge on any atom is -0.490 e. The van der Waals surface area contributed by atoms with Crippen molar-refractivity contribution in [3.05, 3.63) is 77.9 Å². The van der Waals surface area contributed by atoms with Gasteiger partial charge in [0, 0.05) is 22.9 Å². The molecule has 2 amide bonds. The molecule has 0 radical (unpaired) electrons. The Bertz CT molecular complexity index is 1180.